The van der Waals surface area contributed by atoms with E-state index in [4.69, 9.17) is 4.98 Å². The molecule has 0 N–H and O–H groups in total. The highest BCUT2D eigenvalue weighted by molar-refractivity contribution is 7.90. The van der Waals surface area contributed by atoms with Crippen molar-refractivity contribution >= 4 is 43.3 Å². The van der Waals surface area contributed by atoms with Crippen LogP contribution in [0.2, 0.25) is 0 Å². The van der Waals surface area contributed by atoms with Gasteiger partial charge in [0.15, 0.2) is 5.84 Å². The van der Waals surface area contributed by atoms with Crippen LogP contribution in [-0.4, -0.2) is 55.1 Å². The zero-order valence-corrected chi connectivity index (χ0v) is 18.7. The summed E-state index contributed by atoms with van der Waals surface area (Å²) in [6, 6.07) is 14.7. The van der Waals surface area contributed by atoms with Crippen LogP contribution in [0.15, 0.2) is 57.8 Å². The second-order valence-electron chi connectivity index (χ2n) is 7.86. The van der Waals surface area contributed by atoms with E-state index in [-0.39, 0.29) is 23.4 Å². The first-order valence-electron chi connectivity index (χ1n) is 10.2. The summed E-state index contributed by atoms with van der Waals surface area (Å²) >= 11 is 1.64. The van der Waals surface area contributed by atoms with Gasteiger partial charge in [0.05, 0.1) is 22.8 Å². The SMILES string of the molecule is CN(CC(=O)N1CCCCC1c1nc2ccccc2s1)C1=NS(=O)(=O)c2ccccc21. The van der Waals surface area contributed by atoms with Gasteiger partial charge in [-0.15, -0.1) is 15.7 Å². The molecule has 0 radical (unpaired) electrons. The molecule has 7 nitrogen and oxygen atoms in total. The lowest BCUT2D eigenvalue weighted by Crippen LogP contribution is -2.44. The number of nitrogens with zero attached hydrogens (tertiary/aromatic N) is 4. The molecule has 0 bridgehead atoms. The number of hydrogen-bond acceptors (Lipinski definition) is 6. The number of aromatic nitrogens is 1. The molecule has 2 aromatic carbocycles. The first-order valence-corrected chi connectivity index (χ1v) is 12.5. The third-order valence-electron chi connectivity index (χ3n) is 5.77. The molecule has 5 rings (SSSR count). The van der Waals surface area contributed by atoms with Crippen molar-refractivity contribution in [3.8, 4) is 0 Å². The van der Waals surface area contributed by atoms with Gasteiger partial charge in [-0.25, -0.2) is 4.98 Å². The highest BCUT2D eigenvalue weighted by atomic mass is 32.2. The van der Waals surface area contributed by atoms with E-state index < -0.39 is 10.0 Å². The molecule has 160 valence electrons. The molecule has 1 aromatic heterocycles. The van der Waals surface area contributed by atoms with Gasteiger partial charge in [-0.3, -0.25) is 4.79 Å². The number of fused-ring (bicyclic) bond motifs is 2. The Morgan fingerprint density at radius 2 is 1.94 bits per heavy atom. The maximum Gasteiger partial charge on any atom is 0.285 e. The minimum absolute atomic E-state index is 0.0454. The Hall–Kier alpha value is -2.78. The number of carbonyl (C=O) groups is 1. The van der Waals surface area contributed by atoms with E-state index in [1.54, 1.807) is 47.5 Å². The van der Waals surface area contributed by atoms with Crippen molar-refractivity contribution in [1.82, 2.24) is 14.8 Å². The maximum absolute atomic E-state index is 13.3. The van der Waals surface area contributed by atoms with Crippen LogP contribution in [0.25, 0.3) is 10.2 Å². The zero-order valence-electron chi connectivity index (χ0n) is 17.1. The fraction of sp³-hybridized carbons (Fsp3) is 0.318. The van der Waals surface area contributed by atoms with E-state index in [1.165, 1.54) is 0 Å². The maximum atomic E-state index is 13.3. The van der Waals surface area contributed by atoms with Gasteiger partial charge in [-0.05, 0) is 43.5 Å². The van der Waals surface area contributed by atoms with Crippen molar-refractivity contribution in [3.63, 3.8) is 0 Å². The molecule has 2 aliphatic heterocycles. The van der Waals surface area contributed by atoms with Gasteiger partial charge >= 0.3 is 0 Å². The van der Waals surface area contributed by atoms with Gasteiger partial charge in [0.1, 0.15) is 9.90 Å². The van der Waals surface area contributed by atoms with E-state index in [2.05, 4.69) is 10.5 Å². The molecule has 31 heavy (non-hydrogen) atoms. The summed E-state index contributed by atoms with van der Waals surface area (Å²) in [7, 11) is -2.00. The summed E-state index contributed by atoms with van der Waals surface area (Å²) in [5, 5.41) is 0.961. The van der Waals surface area contributed by atoms with E-state index in [0.29, 0.717) is 17.9 Å². The molecule has 0 saturated carbocycles. The number of rotatable bonds is 3. The van der Waals surface area contributed by atoms with Crippen LogP contribution >= 0.6 is 11.3 Å². The largest absolute Gasteiger partial charge is 0.349 e. The summed E-state index contributed by atoms with van der Waals surface area (Å²) in [6.45, 7) is 0.735. The van der Waals surface area contributed by atoms with E-state index in [0.717, 1.165) is 34.5 Å². The molecule has 2 aliphatic rings. The minimum atomic E-state index is -3.72. The van der Waals surface area contributed by atoms with Crippen molar-refractivity contribution in [1.29, 1.82) is 0 Å². The zero-order chi connectivity index (χ0) is 21.6. The third kappa shape index (κ3) is 3.61. The molecular formula is C22H22N4O3S2. The van der Waals surface area contributed by atoms with E-state index >= 15 is 0 Å². The molecule has 1 amide bonds. The van der Waals surface area contributed by atoms with Crippen LogP contribution in [0.3, 0.4) is 0 Å². The number of sulfonamides is 1. The summed E-state index contributed by atoms with van der Waals surface area (Å²) in [4.78, 5) is 21.8. The Balaban J connectivity index is 1.39. The predicted molar refractivity (Wildman–Crippen MR) is 121 cm³/mol. The van der Waals surface area contributed by atoms with Gasteiger partial charge in [0.2, 0.25) is 5.91 Å². The molecule has 0 aliphatic carbocycles. The van der Waals surface area contributed by atoms with Crippen LogP contribution in [0, 0.1) is 0 Å². The van der Waals surface area contributed by atoms with Crippen molar-refractivity contribution in [2.45, 2.75) is 30.2 Å². The second-order valence-corrected chi connectivity index (χ2v) is 10.5. The fourth-order valence-corrected chi connectivity index (χ4v) is 6.62. The van der Waals surface area contributed by atoms with Crippen LogP contribution < -0.4 is 0 Å². The predicted octanol–water partition coefficient (Wildman–Crippen LogP) is 3.43. The summed E-state index contributed by atoms with van der Waals surface area (Å²) in [6.07, 6.45) is 2.89. The number of amidine groups is 1. The third-order valence-corrected chi connectivity index (χ3v) is 8.23. The van der Waals surface area contributed by atoms with Gasteiger partial charge in [0, 0.05) is 19.2 Å². The first kappa shape index (κ1) is 20.1. The number of likely N-dealkylation sites (N-methyl/N-ethyl adjacent to an activating group) is 1. The average Bonchev–Trinajstić information content (AvgIpc) is 3.33. The number of thiazole rings is 1. The molecule has 1 fully saturated rings. The van der Waals surface area contributed by atoms with E-state index in [9.17, 15) is 13.2 Å². The summed E-state index contributed by atoms with van der Waals surface area (Å²) in [5.41, 5.74) is 1.50. The highest BCUT2D eigenvalue weighted by Crippen LogP contribution is 2.36. The van der Waals surface area contributed by atoms with Crippen molar-refractivity contribution in [2.75, 3.05) is 20.1 Å². The number of hydrogen-bond donors (Lipinski definition) is 0. The lowest BCUT2D eigenvalue weighted by Gasteiger charge is -2.35. The van der Waals surface area contributed by atoms with Crippen molar-refractivity contribution < 1.29 is 13.2 Å². The number of piperidine rings is 1. The molecule has 1 saturated heterocycles. The van der Waals surface area contributed by atoms with E-state index in [1.807, 2.05) is 23.1 Å². The van der Waals surface area contributed by atoms with Crippen molar-refractivity contribution in [2.24, 2.45) is 4.40 Å². The lowest BCUT2D eigenvalue weighted by molar-refractivity contribution is -0.135. The number of benzene rings is 2. The topological polar surface area (TPSA) is 82.9 Å². The number of amides is 1. The quantitative estimate of drug-likeness (QED) is 0.606. The Bertz CT molecular complexity index is 1270. The molecule has 3 heterocycles. The van der Waals surface area contributed by atoms with Crippen molar-refractivity contribution in [3.05, 3.63) is 59.1 Å². The second kappa shape index (κ2) is 7.72. The lowest BCUT2D eigenvalue weighted by atomic mass is 10.0. The Morgan fingerprint density at radius 1 is 1.16 bits per heavy atom. The van der Waals surface area contributed by atoms with Gasteiger partial charge < -0.3 is 9.80 Å². The van der Waals surface area contributed by atoms with Gasteiger partial charge in [-0.1, -0.05) is 24.3 Å². The number of carbonyl (C=O) groups excluding carboxylic acids is 1. The molecular weight excluding hydrogens is 432 g/mol. The average molecular weight is 455 g/mol. The minimum Gasteiger partial charge on any atom is -0.349 e. The van der Waals surface area contributed by atoms with Crippen LogP contribution in [0.1, 0.15) is 35.9 Å². The highest BCUT2D eigenvalue weighted by Gasteiger charge is 2.34. The fourth-order valence-electron chi connectivity index (χ4n) is 4.25. The van der Waals surface area contributed by atoms with Gasteiger partial charge in [0.25, 0.3) is 10.0 Å². The van der Waals surface area contributed by atoms with Gasteiger partial charge in [-0.2, -0.15) is 8.42 Å². The Labute approximate surface area is 185 Å². The van der Waals surface area contributed by atoms with Crippen LogP contribution in [0.4, 0.5) is 0 Å². The smallest absolute Gasteiger partial charge is 0.285 e. The standard InChI is InChI=1S/C22H22N4O3S2/c1-25(21-15-8-2-5-12-19(15)31(28,29)24-21)14-20(27)26-13-7-6-10-17(26)22-23-16-9-3-4-11-18(16)30-22/h2-5,8-9,11-12,17H,6-7,10,13-14H2,1H3. The summed E-state index contributed by atoms with van der Waals surface area (Å²) in [5.74, 6) is 0.272. The van der Waals surface area contributed by atoms with Crippen LogP contribution in [0.5, 0.6) is 0 Å². The first-order chi connectivity index (χ1) is 14.9. The van der Waals surface area contributed by atoms with Crippen LogP contribution in [-0.2, 0) is 14.8 Å². The molecule has 9 heteroatoms. The molecule has 1 atom stereocenters. The molecule has 3 aromatic rings. The molecule has 0 spiro atoms. The Morgan fingerprint density at radius 3 is 2.77 bits per heavy atom. The normalized spacial score (nSPS) is 19.8. The number of para-hydroxylation sites is 1. The number of likely N-dealkylation sites (tertiary alicyclic amines) is 1. The summed E-state index contributed by atoms with van der Waals surface area (Å²) < 4.78 is 29.8. The monoisotopic (exact) mass is 454 g/mol. The Kier molecular flexibility index (Phi) is 5.02. The molecule has 1 unspecified atom stereocenters.